The molecule has 0 unspecified atom stereocenters. The molecule has 0 saturated heterocycles. The quantitative estimate of drug-likeness (QED) is 0.842. The van der Waals surface area contributed by atoms with Gasteiger partial charge in [-0.05, 0) is 44.0 Å². The molecule has 0 aliphatic rings. The Bertz CT molecular complexity index is 589. The van der Waals surface area contributed by atoms with Crippen LogP contribution in [-0.4, -0.2) is 14.3 Å². The van der Waals surface area contributed by atoms with Crippen LogP contribution in [0.25, 0.3) is 0 Å². The zero-order valence-electron chi connectivity index (χ0n) is 9.23. The van der Waals surface area contributed by atoms with Gasteiger partial charge < -0.3 is 4.57 Å². The van der Waals surface area contributed by atoms with Crippen molar-refractivity contribution in [1.29, 1.82) is 0 Å². The molecule has 2 aromatic rings. The summed E-state index contributed by atoms with van der Waals surface area (Å²) >= 11 is 6.62. The Morgan fingerprint density at radius 2 is 2.18 bits per heavy atom. The lowest BCUT2D eigenvalue weighted by Gasteiger charge is -2.07. The van der Waals surface area contributed by atoms with Gasteiger partial charge in [0.25, 0.3) is 5.56 Å². The number of aromatic nitrogens is 3. The average molecular weight is 361 g/mol. The highest BCUT2D eigenvalue weighted by Crippen LogP contribution is 2.13. The van der Waals surface area contributed by atoms with Gasteiger partial charge in [-0.2, -0.15) is 5.10 Å². The van der Waals surface area contributed by atoms with Crippen molar-refractivity contribution < 1.29 is 0 Å². The zero-order valence-corrected chi connectivity index (χ0v) is 12.4. The van der Waals surface area contributed by atoms with Crippen molar-refractivity contribution in [2.75, 3.05) is 0 Å². The minimum absolute atomic E-state index is 0.0182. The summed E-state index contributed by atoms with van der Waals surface area (Å²) in [7, 11) is 1.90. The molecule has 2 rings (SSSR count). The van der Waals surface area contributed by atoms with Gasteiger partial charge in [-0.1, -0.05) is 0 Å². The monoisotopic (exact) mass is 359 g/mol. The number of rotatable bonds is 3. The van der Waals surface area contributed by atoms with Crippen LogP contribution < -0.4 is 5.56 Å². The highest BCUT2D eigenvalue weighted by Gasteiger charge is 2.04. The van der Waals surface area contributed by atoms with Gasteiger partial charge in [-0.25, -0.2) is 0 Å². The van der Waals surface area contributed by atoms with Crippen LogP contribution in [0, 0.1) is 0 Å². The predicted molar refractivity (Wildman–Crippen MR) is 73.0 cm³/mol. The van der Waals surface area contributed by atoms with Crippen molar-refractivity contribution in [3.8, 4) is 0 Å². The third-order valence-electron chi connectivity index (χ3n) is 2.54. The molecule has 0 amide bonds. The van der Waals surface area contributed by atoms with Crippen LogP contribution in [0.3, 0.4) is 0 Å². The van der Waals surface area contributed by atoms with Crippen molar-refractivity contribution in [3.63, 3.8) is 0 Å². The molecule has 0 spiro atoms. The maximum absolute atomic E-state index is 11.8. The van der Waals surface area contributed by atoms with Crippen LogP contribution in [-0.2, 0) is 20.0 Å². The molecule has 0 bridgehead atoms. The van der Waals surface area contributed by atoms with E-state index >= 15 is 0 Å². The lowest BCUT2D eigenvalue weighted by atomic mass is 10.3. The van der Waals surface area contributed by atoms with Crippen LogP contribution in [0.1, 0.15) is 5.69 Å². The van der Waals surface area contributed by atoms with E-state index in [-0.39, 0.29) is 5.56 Å². The van der Waals surface area contributed by atoms with Crippen LogP contribution in [0.2, 0.25) is 0 Å². The van der Waals surface area contributed by atoms with Crippen LogP contribution in [0.5, 0.6) is 0 Å². The van der Waals surface area contributed by atoms with Crippen LogP contribution in [0.15, 0.2) is 38.3 Å². The van der Waals surface area contributed by atoms with Gasteiger partial charge in [0.2, 0.25) is 0 Å². The summed E-state index contributed by atoms with van der Waals surface area (Å²) in [5.41, 5.74) is 1.09. The molecular weight excluding hydrogens is 350 g/mol. The van der Waals surface area contributed by atoms with Gasteiger partial charge in [0.1, 0.15) is 0 Å². The second kappa shape index (κ2) is 5.18. The normalized spacial score (nSPS) is 10.8. The minimum atomic E-state index is -0.0182. The van der Waals surface area contributed by atoms with Gasteiger partial charge in [-0.15, -0.1) is 0 Å². The first kappa shape index (κ1) is 12.6. The molecule has 90 valence electrons. The third-order valence-corrected chi connectivity index (χ3v) is 3.54. The molecule has 2 heterocycles. The molecular formula is C11H11Br2N3O. The molecule has 0 aliphatic heterocycles. The molecule has 0 atom stereocenters. The molecule has 0 aromatic carbocycles. The first-order valence-corrected chi connectivity index (χ1v) is 6.69. The van der Waals surface area contributed by atoms with Gasteiger partial charge >= 0.3 is 0 Å². The fraction of sp³-hybridized carbons (Fsp3) is 0.273. The molecule has 2 aromatic heterocycles. The van der Waals surface area contributed by atoms with E-state index in [4.69, 9.17) is 0 Å². The van der Waals surface area contributed by atoms with Gasteiger partial charge in [0.15, 0.2) is 0 Å². The first-order chi connectivity index (χ1) is 8.08. The Balaban J connectivity index is 2.20. The fourth-order valence-corrected chi connectivity index (χ4v) is 2.87. The summed E-state index contributed by atoms with van der Waals surface area (Å²) in [6.45, 7) is 0.635. The summed E-state index contributed by atoms with van der Waals surface area (Å²) < 4.78 is 4.95. The van der Waals surface area contributed by atoms with Crippen LogP contribution in [0.4, 0.5) is 0 Å². The summed E-state index contributed by atoms with van der Waals surface area (Å²) in [6.07, 6.45) is 4.33. The molecule has 0 N–H and O–H groups in total. The number of hydrogen-bond acceptors (Lipinski definition) is 2. The molecule has 0 radical (unpaired) electrons. The molecule has 17 heavy (non-hydrogen) atoms. The largest absolute Gasteiger partial charge is 0.313 e. The SMILES string of the molecule is Cn1nccc1CCn1cc(Br)cc(Br)c1=O. The lowest BCUT2D eigenvalue weighted by Crippen LogP contribution is -2.21. The summed E-state index contributed by atoms with van der Waals surface area (Å²) in [5.74, 6) is 0. The van der Waals surface area contributed by atoms with Gasteiger partial charge in [0, 0.05) is 42.6 Å². The van der Waals surface area contributed by atoms with Crippen molar-refractivity contribution in [3.05, 3.63) is 49.5 Å². The summed E-state index contributed by atoms with van der Waals surface area (Å²) in [6, 6.07) is 3.71. The Labute approximate surface area is 116 Å². The Morgan fingerprint density at radius 3 is 2.82 bits per heavy atom. The van der Waals surface area contributed by atoms with E-state index in [1.165, 1.54) is 0 Å². The van der Waals surface area contributed by atoms with E-state index in [9.17, 15) is 4.79 Å². The summed E-state index contributed by atoms with van der Waals surface area (Å²) in [4.78, 5) is 11.8. The first-order valence-electron chi connectivity index (χ1n) is 5.10. The van der Waals surface area contributed by atoms with Crippen LogP contribution >= 0.6 is 31.9 Å². The Morgan fingerprint density at radius 1 is 1.41 bits per heavy atom. The third kappa shape index (κ3) is 2.87. The van der Waals surface area contributed by atoms with Gasteiger partial charge in [-0.3, -0.25) is 9.48 Å². The molecule has 6 heteroatoms. The fourth-order valence-electron chi connectivity index (χ4n) is 1.61. The highest BCUT2D eigenvalue weighted by molar-refractivity contribution is 9.11. The second-order valence-corrected chi connectivity index (χ2v) is 5.47. The van der Waals surface area contributed by atoms with Crippen molar-refractivity contribution in [1.82, 2.24) is 14.3 Å². The average Bonchev–Trinajstić information content (AvgIpc) is 2.67. The van der Waals surface area contributed by atoms with E-state index in [0.717, 1.165) is 16.6 Å². The number of nitrogens with zero attached hydrogens (tertiary/aromatic N) is 3. The van der Waals surface area contributed by atoms with E-state index < -0.39 is 0 Å². The van der Waals surface area contributed by atoms with Crippen molar-refractivity contribution >= 4 is 31.9 Å². The highest BCUT2D eigenvalue weighted by atomic mass is 79.9. The summed E-state index contributed by atoms with van der Waals surface area (Å²) in [5, 5.41) is 4.10. The Hall–Kier alpha value is -0.880. The zero-order chi connectivity index (χ0) is 12.4. The maximum Gasteiger partial charge on any atom is 0.264 e. The molecule has 4 nitrogen and oxygen atoms in total. The van der Waals surface area contributed by atoms with E-state index in [0.29, 0.717) is 11.0 Å². The standard InChI is InChI=1S/C11H11Br2N3O/c1-15-9(2-4-14-15)3-5-16-7-8(12)6-10(13)11(16)17/h2,4,6-7H,3,5H2,1H3. The number of hydrogen-bond donors (Lipinski definition) is 0. The molecule has 0 fully saturated rings. The maximum atomic E-state index is 11.8. The number of halogens is 2. The second-order valence-electron chi connectivity index (χ2n) is 3.70. The van der Waals surface area contributed by atoms with E-state index in [2.05, 4.69) is 37.0 Å². The molecule has 0 saturated carbocycles. The van der Waals surface area contributed by atoms with Crippen molar-refractivity contribution in [2.24, 2.45) is 7.05 Å². The minimum Gasteiger partial charge on any atom is -0.313 e. The predicted octanol–water partition coefficient (Wildman–Crippen LogP) is 2.35. The van der Waals surface area contributed by atoms with E-state index in [1.54, 1.807) is 23.0 Å². The van der Waals surface area contributed by atoms with Crippen molar-refractivity contribution in [2.45, 2.75) is 13.0 Å². The molecule has 0 aliphatic carbocycles. The number of pyridine rings is 1. The lowest BCUT2D eigenvalue weighted by molar-refractivity contribution is 0.620. The van der Waals surface area contributed by atoms with E-state index in [1.807, 2.05) is 17.8 Å². The smallest absolute Gasteiger partial charge is 0.264 e. The number of aryl methyl sites for hydroxylation is 3. The Kier molecular flexibility index (Phi) is 3.83. The topological polar surface area (TPSA) is 39.8 Å². The van der Waals surface area contributed by atoms with Gasteiger partial charge in [0.05, 0.1) is 4.47 Å².